The van der Waals surface area contributed by atoms with Gasteiger partial charge < -0.3 is 13.7 Å². The van der Waals surface area contributed by atoms with Gasteiger partial charge >= 0.3 is 10.1 Å². The minimum atomic E-state index is -4.05. The van der Waals surface area contributed by atoms with Gasteiger partial charge in [0.15, 0.2) is 0 Å². The number of anilines is 1. The quantitative estimate of drug-likeness (QED) is 0.148. The highest BCUT2D eigenvalue weighted by Gasteiger charge is 2.22. The predicted molar refractivity (Wildman–Crippen MR) is 188 cm³/mol. The number of sulfonamides is 1. The molecule has 3 aromatic heterocycles. The van der Waals surface area contributed by atoms with Crippen molar-refractivity contribution in [2.24, 2.45) is 0 Å². The number of imidazole rings is 1. The third-order valence-corrected chi connectivity index (χ3v) is 11.3. The maximum absolute atomic E-state index is 13.1. The van der Waals surface area contributed by atoms with Gasteiger partial charge in [0.05, 0.1) is 17.8 Å². The molecule has 242 valence electrons. The minimum absolute atomic E-state index is 0.00108. The van der Waals surface area contributed by atoms with Crippen LogP contribution in [0.15, 0.2) is 133 Å². The first-order valence-corrected chi connectivity index (χ1v) is 18.2. The molecule has 4 aromatic carbocycles. The number of hydrogen-bond acceptors (Lipinski definition) is 7. The third kappa shape index (κ3) is 6.15. The van der Waals surface area contributed by atoms with E-state index in [2.05, 4.69) is 9.97 Å². The Bertz CT molecular complexity index is 2430. The lowest BCUT2D eigenvalue weighted by atomic mass is 9.92. The van der Waals surface area contributed by atoms with Crippen molar-refractivity contribution in [2.45, 2.75) is 17.9 Å². The molecule has 10 nitrogen and oxygen atoms in total. The Hall–Kier alpha value is -5.46. The fourth-order valence-electron chi connectivity index (χ4n) is 5.77. The van der Waals surface area contributed by atoms with Crippen molar-refractivity contribution in [1.29, 1.82) is 0 Å². The van der Waals surface area contributed by atoms with Crippen molar-refractivity contribution in [3.05, 3.63) is 128 Å². The summed E-state index contributed by atoms with van der Waals surface area (Å²) < 4.78 is 61.0. The summed E-state index contributed by atoms with van der Waals surface area (Å²) in [5, 5.41) is 1.55. The van der Waals surface area contributed by atoms with Gasteiger partial charge in [-0.1, -0.05) is 60.7 Å². The van der Waals surface area contributed by atoms with Crippen LogP contribution in [-0.4, -0.2) is 49.2 Å². The molecule has 0 bridgehead atoms. The molecule has 0 atom stereocenters. The lowest BCUT2D eigenvalue weighted by Gasteiger charge is -2.20. The fourth-order valence-corrected chi connectivity index (χ4v) is 7.92. The van der Waals surface area contributed by atoms with Crippen molar-refractivity contribution in [3.63, 3.8) is 0 Å². The molecule has 0 spiro atoms. The van der Waals surface area contributed by atoms with E-state index in [4.69, 9.17) is 9.17 Å². The number of fused-ring (bicyclic) bond motifs is 3. The van der Waals surface area contributed by atoms with Gasteiger partial charge in [0.1, 0.15) is 16.3 Å². The molecule has 3 heterocycles. The van der Waals surface area contributed by atoms with E-state index in [1.165, 1.54) is 16.4 Å². The van der Waals surface area contributed by atoms with Crippen LogP contribution < -0.4 is 8.49 Å². The second-order valence-electron chi connectivity index (χ2n) is 11.3. The summed E-state index contributed by atoms with van der Waals surface area (Å²) in [4.78, 5) is 12.2. The zero-order valence-electron chi connectivity index (χ0n) is 25.9. The number of benzene rings is 4. The monoisotopic (exact) mass is 677 g/mol. The number of aryl methyl sites for hydroxylation is 1. The zero-order chi connectivity index (χ0) is 33.3. The first-order chi connectivity index (χ1) is 23.2. The van der Waals surface area contributed by atoms with Crippen LogP contribution >= 0.6 is 0 Å². The van der Waals surface area contributed by atoms with Crippen molar-refractivity contribution in [2.75, 3.05) is 17.1 Å². The lowest BCUT2D eigenvalue weighted by molar-refractivity contribution is 0.486. The average Bonchev–Trinajstić information content (AvgIpc) is 3.76. The number of nitrogens with zero attached hydrogens (tertiary/aromatic N) is 4. The van der Waals surface area contributed by atoms with Crippen molar-refractivity contribution < 1.29 is 21.0 Å². The molecule has 48 heavy (non-hydrogen) atoms. The van der Waals surface area contributed by atoms with Gasteiger partial charge in [0.2, 0.25) is 10.0 Å². The predicted octanol–water partition coefficient (Wildman–Crippen LogP) is 6.87. The molecule has 0 saturated carbocycles. The van der Waals surface area contributed by atoms with E-state index in [-0.39, 0.29) is 16.4 Å². The SMILES string of the molecule is CN(c1ccc(-c2cnc3[nH]c4ccc(OS(=O)(=O)c5ccccc5)cc4c3c2-c2ccccc2)cc1)S(=O)(=O)CCCn1ccnc1. The maximum atomic E-state index is 13.1. The highest BCUT2D eigenvalue weighted by Crippen LogP contribution is 2.41. The highest BCUT2D eigenvalue weighted by atomic mass is 32.2. The summed E-state index contributed by atoms with van der Waals surface area (Å²) in [6.07, 6.45) is 7.41. The molecule has 0 unspecified atom stereocenters. The van der Waals surface area contributed by atoms with E-state index in [9.17, 15) is 16.8 Å². The van der Waals surface area contributed by atoms with E-state index in [1.54, 1.807) is 74.3 Å². The fraction of sp³-hybridized carbons (Fsp3) is 0.111. The minimum Gasteiger partial charge on any atom is -0.379 e. The number of nitrogens with one attached hydrogen (secondary N) is 1. The molecular weight excluding hydrogens is 647 g/mol. The summed E-state index contributed by atoms with van der Waals surface area (Å²) in [5.41, 5.74) is 5.45. The van der Waals surface area contributed by atoms with Crippen LogP contribution in [0.4, 0.5) is 5.69 Å². The van der Waals surface area contributed by atoms with Crippen molar-refractivity contribution in [3.8, 4) is 28.0 Å². The molecular formula is C36H31N5O5S2. The van der Waals surface area contributed by atoms with Crippen LogP contribution in [0.1, 0.15) is 6.42 Å². The number of rotatable bonds is 11. The Morgan fingerprint density at radius 2 is 1.58 bits per heavy atom. The topological polar surface area (TPSA) is 127 Å². The maximum Gasteiger partial charge on any atom is 0.339 e. The van der Waals surface area contributed by atoms with Gasteiger partial charge in [-0.3, -0.25) is 4.31 Å². The van der Waals surface area contributed by atoms with Gasteiger partial charge in [-0.05, 0) is 60.0 Å². The third-order valence-electron chi connectivity index (χ3n) is 8.23. The Balaban J connectivity index is 1.26. The van der Waals surface area contributed by atoms with Gasteiger partial charge in [0, 0.05) is 59.6 Å². The Labute approximate surface area is 278 Å². The molecule has 7 aromatic rings. The zero-order valence-corrected chi connectivity index (χ0v) is 27.5. The number of aromatic amines is 1. The lowest BCUT2D eigenvalue weighted by Crippen LogP contribution is -2.29. The molecule has 0 aliphatic carbocycles. The Kier molecular flexibility index (Phi) is 8.19. The van der Waals surface area contributed by atoms with E-state index >= 15 is 0 Å². The normalized spacial score (nSPS) is 12.0. The second kappa shape index (κ2) is 12.6. The van der Waals surface area contributed by atoms with Crippen molar-refractivity contribution >= 4 is 47.8 Å². The number of hydrogen-bond donors (Lipinski definition) is 1. The molecule has 1 N–H and O–H groups in total. The standard InChI is InChI=1S/C36H31N5O5S2/c1-40(47(42,43)22-8-20-41-21-19-37-25-41)28-15-13-26(14-16-28)32-24-38-36-35(34(32)27-9-4-2-5-10-27)31-23-29(17-18-33(31)39-36)46-48(44,45)30-11-6-3-7-12-30/h2-7,9-19,21,23-25H,8,20,22H2,1H3,(H,38,39). The van der Waals surface area contributed by atoms with E-state index in [0.717, 1.165) is 38.5 Å². The number of aromatic nitrogens is 4. The van der Waals surface area contributed by atoms with Crippen LogP contribution in [0.3, 0.4) is 0 Å². The molecule has 0 saturated heterocycles. The summed E-state index contributed by atoms with van der Waals surface area (Å²) >= 11 is 0. The second-order valence-corrected chi connectivity index (χ2v) is 15.0. The average molecular weight is 678 g/mol. The number of pyridine rings is 1. The van der Waals surface area contributed by atoms with Crippen LogP contribution in [0.2, 0.25) is 0 Å². The van der Waals surface area contributed by atoms with E-state index in [1.807, 2.05) is 53.2 Å². The van der Waals surface area contributed by atoms with Gasteiger partial charge in [-0.2, -0.15) is 8.42 Å². The van der Waals surface area contributed by atoms with Crippen LogP contribution in [-0.2, 0) is 26.7 Å². The van der Waals surface area contributed by atoms with E-state index in [0.29, 0.717) is 24.3 Å². The first kappa shape index (κ1) is 31.2. The van der Waals surface area contributed by atoms with Crippen LogP contribution in [0.25, 0.3) is 44.2 Å². The Morgan fingerprint density at radius 1 is 0.854 bits per heavy atom. The van der Waals surface area contributed by atoms with Crippen LogP contribution in [0, 0.1) is 0 Å². The largest absolute Gasteiger partial charge is 0.379 e. The smallest absolute Gasteiger partial charge is 0.339 e. The molecule has 0 aliphatic heterocycles. The summed E-state index contributed by atoms with van der Waals surface area (Å²) in [6.45, 7) is 0.564. The van der Waals surface area contributed by atoms with Gasteiger partial charge in [-0.15, -0.1) is 0 Å². The van der Waals surface area contributed by atoms with E-state index < -0.39 is 20.1 Å². The molecule has 0 radical (unpaired) electrons. The van der Waals surface area contributed by atoms with Crippen LogP contribution in [0.5, 0.6) is 5.75 Å². The van der Waals surface area contributed by atoms with Crippen molar-refractivity contribution in [1.82, 2.24) is 19.5 Å². The molecule has 12 heteroatoms. The summed E-state index contributed by atoms with van der Waals surface area (Å²) in [6, 6.07) is 30.3. The summed E-state index contributed by atoms with van der Waals surface area (Å²) in [5.74, 6) is 0.177. The Morgan fingerprint density at radius 3 is 2.29 bits per heavy atom. The molecule has 0 aliphatic rings. The summed E-state index contributed by atoms with van der Waals surface area (Å²) in [7, 11) is -6.03. The van der Waals surface area contributed by atoms with Gasteiger partial charge in [-0.25, -0.2) is 18.4 Å². The first-order valence-electron chi connectivity index (χ1n) is 15.2. The molecule has 7 rings (SSSR count). The number of H-pyrrole nitrogens is 1. The highest BCUT2D eigenvalue weighted by molar-refractivity contribution is 7.92. The molecule has 0 fully saturated rings. The molecule has 0 amide bonds. The van der Waals surface area contributed by atoms with Gasteiger partial charge in [0.25, 0.3) is 0 Å².